The van der Waals surface area contributed by atoms with E-state index in [-0.39, 0.29) is 13.2 Å². The van der Waals surface area contributed by atoms with Crippen LogP contribution in [0.1, 0.15) is 17.5 Å². The largest absolute Gasteiger partial charge is 0.493 e. The minimum Gasteiger partial charge on any atom is -0.493 e. The van der Waals surface area contributed by atoms with Crippen molar-refractivity contribution in [2.75, 3.05) is 46.6 Å². The van der Waals surface area contributed by atoms with Gasteiger partial charge in [-0.3, -0.25) is 9.58 Å². The van der Waals surface area contributed by atoms with Gasteiger partial charge in [0.1, 0.15) is 18.0 Å². The summed E-state index contributed by atoms with van der Waals surface area (Å²) in [4.78, 5) is 2.17. The first-order chi connectivity index (χ1) is 17.4. The van der Waals surface area contributed by atoms with Crippen LogP contribution in [0, 0.1) is 6.92 Å². The highest BCUT2D eigenvalue weighted by Crippen LogP contribution is 2.29. The zero-order chi connectivity index (χ0) is 25.4. The van der Waals surface area contributed by atoms with Crippen molar-refractivity contribution in [3.05, 3.63) is 71.0 Å². The molecule has 0 bridgehead atoms. The molecule has 1 saturated heterocycles. The molecule has 8 nitrogen and oxygen atoms in total. The molecule has 194 valence electrons. The Labute approximate surface area is 217 Å². The van der Waals surface area contributed by atoms with Gasteiger partial charge in [-0.15, -0.1) is 0 Å². The van der Waals surface area contributed by atoms with Gasteiger partial charge >= 0.3 is 0 Å². The van der Waals surface area contributed by atoms with Crippen molar-refractivity contribution in [3.8, 4) is 17.2 Å². The molecule has 0 amide bonds. The molecular formula is C27H34ClN3O5. The van der Waals surface area contributed by atoms with E-state index < -0.39 is 5.60 Å². The predicted molar refractivity (Wildman–Crippen MR) is 138 cm³/mol. The third-order valence-electron chi connectivity index (χ3n) is 5.95. The number of ether oxygens (including phenoxy) is 4. The first-order valence-electron chi connectivity index (χ1n) is 12.1. The molecule has 1 N–H and O–H groups in total. The quantitative estimate of drug-likeness (QED) is 0.387. The zero-order valence-corrected chi connectivity index (χ0v) is 21.6. The first-order valence-corrected chi connectivity index (χ1v) is 12.5. The second-order valence-corrected chi connectivity index (χ2v) is 9.63. The number of benzene rings is 2. The minimum atomic E-state index is -1.13. The van der Waals surface area contributed by atoms with Gasteiger partial charge in [-0.1, -0.05) is 17.7 Å². The molecule has 2 heterocycles. The highest BCUT2D eigenvalue weighted by molar-refractivity contribution is 6.30. The Morgan fingerprint density at radius 1 is 1.14 bits per heavy atom. The molecule has 0 radical (unpaired) electrons. The maximum atomic E-state index is 11.2. The summed E-state index contributed by atoms with van der Waals surface area (Å²) in [5.74, 6) is 2.06. The number of aliphatic hydroxyl groups is 1. The van der Waals surface area contributed by atoms with Crippen molar-refractivity contribution in [2.24, 2.45) is 0 Å². The Bertz CT molecular complexity index is 1110. The van der Waals surface area contributed by atoms with Crippen molar-refractivity contribution in [3.63, 3.8) is 0 Å². The molecule has 0 saturated carbocycles. The molecule has 0 spiro atoms. The van der Waals surface area contributed by atoms with Crippen LogP contribution in [-0.2, 0) is 17.8 Å². The molecular weight excluding hydrogens is 482 g/mol. The van der Waals surface area contributed by atoms with E-state index in [9.17, 15) is 5.11 Å². The van der Waals surface area contributed by atoms with Gasteiger partial charge in [0.25, 0.3) is 0 Å². The lowest BCUT2D eigenvalue weighted by Gasteiger charge is -2.30. The highest BCUT2D eigenvalue weighted by atomic mass is 35.5. The van der Waals surface area contributed by atoms with Crippen molar-refractivity contribution in [2.45, 2.75) is 32.0 Å². The van der Waals surface area contributed by atoms with E-state index in [1.165, 1.54) is 0 Å². The van der Waals surface area contributed by atoms with Crippen molar-refractivity contribution < 1.29 is 24.1 Å². The molecule has 1 aromatic heterocycles. The third kappa shape index (κ3) is 7.61. The van der Waals surface area contributed by atoms with Crippen molar-refractivity contribution >= 4 is 11.6 Å². The topological polar surface area (TPSA) is 78.2 Å². The Morgan fingerprint density at radius 2 is 1.97 bits per heavy atom. The molecule has 1 atom stereocenters. The van der Waals surface area contributed by atoms with Crippen LogP contribution in [0.15, 0.2) is 54.9 Å². The van der Waals surface area contributed by atoms with Crippen LogP contribution in [0.2, 0.25) is 5.02 Å². The highest BCUT2D eigenvalue weighted by Gasteiger charge is 2.33. The number of halogens is 1. The third-order valence-corrected chi connectivity index (χ3v) is 6.20. The van der Waals surface area contributed by atoms with E-state index >= 15 is 0 Å². The number of rotatable bonds is 11. The summed E-state index contributed by atoms with van der Waals surface area (Å²) in [7, 11) is 1.64. The molecule has 1 aliphatic heterocycles. The maximum Gasteiger partial charge on any atom is 0.161 e. The van der Waals surface area contributed by atoms with E-state index in [1.54, 1.807) is 31.4 Å². The van der Waals surface area contributed by atoms with Crippen LogP contribution in [0.5, 0.6) is 17.2 Å². The molecule has 1 aliphatic rings. The molecule has 0 unspecified atom stereocenters. The minimum absolute atomic E-state index is 0.123. The zero-order valence-electron chi connectivity index (χ0n) is 20.9. The fourth-order valence-electron chi connectivity index (χ4n) is 4.16. The molecule has 1 fully saturated rings. The lowest BCUT2D eigenvalue weighted by atomic mass is 10.1. The van der Waals surface area contributed by atoms with Gasteiger partial charge in [0.15, 0.2) is 11.5 Å². The first kappa shape index (κ1) is 26.3. The van der Waals surface area contributed by atoms with Gasteiger partial charge in [0, 0.05) is 43.8 Å². The second-order valence-electron chi connectivity index (χ2n) is 9.20. The van der Waals surface area contributed by atoms with Gasteiger partial charge in [0.2, 0.25) is 0 Å². The molecule has 36 heavy (non-hydrogen) atoms. The summed E-state index contributed by atoms with van der Waals surface area (Å²) in [6.45, 7) is 6.01. The SMILES string of the molecule is COc1ccc(CN2CCOC[C@](O)(COc3ccc(Cl)cc3)C2)cc1OCCCn1cc(C)cn1. The van der Waals surface area contributed by atoms with Crippen LogP contribution in [-0.4, -0.2) is 72.0 Å². The van der Waals surface area contributed by atoms with E-state index in [1.807, 2.05) is 42.2 Å². The summed E-state index contributed by atoms with van der Waals surface area (Å²) < 4.78 is 25.0. The van der Waals surface area contributed by atoms with Crippen molar-refractivity contribution in [1.29, 1.82) is 0 Å². The number of aryl methyl sites for hydroxylation is 2. The fourth-order valence-corrected chi connectivity index (χ4v) is 4.28. The molecule has 4 rings (SSSR count). The number of hydrogen-bond donors (Lipinski definition) is 1. The van der Waals surface area contributed by atoms with Gasteiger partial charge in [-0.05, 0) is 54.4 Å². The number of hydrogen-bond acceptors (Lipinski definition) is 7. The van der Waals surface area contributed by atoms with Crippen LogP contribution >= 0.6 is 11.6 Å². The Kier molecular flexibility index (Phi) is 9.09. The lowest BCUT2D eigenvalue weighted by Crippen LogP contribution is -2.48. The second kappa shape index (κ2) is 12.5. The van der Waals surface area contributed by atoms with Gasteiger partial charge in [-0.25, -0.2) is 0 Å². The van der Waals surface area contributed by atoms with E-state index in [0.717, 1.165) is 24.1 Å². The molecule has 0 aliphatic carbocycles. The van der Waals surface area contributed by atoms with Gasteiger partial charge < -0.3 is 24.1 Å². The van der Waals surface area contributed by atoms with Gasteiger partial charge in [-0.2, -0.15) is 5.10 Å². The van der Waals surface area contributed by atoms with Crippen molar-refractivity contribution in [1.82, 2.24) is 14.7 Å². The van der Waals surface area contributed by atoms with Gasteiger partial charge in [0.05, 0.1) is 33.1 Å². The number of methoxy groups -OCH3 is 1. The summed E-state index contributed by atoms with van der Waals surface area (Å²) in [5.41, 5.74) is 1.08. The fraction of sp³-hybridized carbons (Fsp3) is 0.444. The summed E-state index contributed by atoms with van der Waals surface area (Å²) in [5, 5.41) is 16.2. The number of β-amino-alcohol motifs (C(OH)–C–C–N with tert-alkyl or cyclic N) is 1. The Morgan fingerprint density at radius 3 is 2.72 bits per heavy atom. The number of nitrogens with zero attached hydrogens (tertiary/aromatic N) is 3. The summed E-state index contributed by atoms with van der Waals surface area (Å²) in [6, 6.07) is 13.0. The standard InChI is InChI=1S/C27H34ClN3O5/c1-21-15-29-31(16-21)10-3-12-35-26-14-22(4-9-25(26)33-2)17-30-11-13-34-19-27(32,18-30)20-36-24-7-5-23(28)6-8-24/h4-9,14-16,32H,3,10-13,17-20H2,1-2H3/t27-/m0/s1. The van der Waals surface area contributed by atoms with Crippen LogP contribution in [0.25, 0.3) is 0 Å². The molecule has 3 aromatic rings. The Balaban J connectivity index is 1.34. The van der Waals surface area contributed by atoms with Crippen LogP contribution < -0.4 is 14.2 Å². The smallest absolute Gasteiger partial charge is 0.161 e. The number of aromatic nitrogens is 2. The predicted octanol–water partition coefficient (Wildman–Crippen LogP) is 3.96. The average Bonchev–Trinajstić information content (AvgIpc) is 3.19. The van der Waals surface area contributed by atoms with E-state index in [0.29, 0.717) is 55.1 Å². The Hall–Kier alpha value is -2.78. The normalized spacial score (nSPS) is 18.6. The lowest BCUT2D eigenvalue weighted by molar-refractivity contribution is -0.0646. The van der Waals surface area contributed by atoms with Crippen LogP contribution in [0.3, 0.4) is 0 Å². The summed E-state index contributed by atoms with van der Waals surface area (Å²) >= 11 is 5.95. The van der Waals surface area contributed by atoms with Crippen LogP contribution in [0.4, 0.5) is 0 Å². The average molecular weight is 516 g/mol. The van der Waals surface area contributed by atoms with E-state index in [4.69, 9.17) is 30.5 Å². The molecule has 9 heteroatoms. The molecule has 2 aromatic carbocycles. The van der Waals surface area contributed by atoms with E-state index in [2.05, 4.69) is 10.00 Å². The maximum absolute atomic E-state index is 11.2. The summed E-state index contributed by atoms with van der Waals surface area (Å²) in [6.07, 6.45) is 4.71. The monoisotopic (exact) mass is 515 g/mol.